The molecule has 1 rings (SSSR count). The minimum Gasteiger partial charge on any atom is -0.481 e. The number of aliphatic carboxylic acids is 1. The van der Waals surface area contributed by atoms with Gasteiger partial charge in [-0.1, -0.05) is 20.8 Å². The molecule has 0 aromatic heterocycles. The van der Waals surface area contributed by atoms with E-state index in [1.165, 1.54) is 0 Å². The molecule has 0 aromatic rings. The fourth-order valence-corrected chi connectivity index (χ4v) is 2.44. The second-order valence-electron chi connectivity index (χ2n) is 5.31. The van der Waals surface area contributed by atoms with Crippen molar-refractivity contribution in [3.05, 3.63) is 0 Å². The van der Waals surface area contributed by atoms with Gasteiger partial charge in [0, 0.05) is 11.3 Å². The second kappa shape index (κ2) is 6.43. The second-order valence-corrected chi connectivity index (χ2v) is 7.12. The van der Waals surface area contributed by atoms with Crippen LogP contribution in [-0.4, -0.2) is 58.2 Å². The third kappa shape index (κ3) is 5.27. The van der Waals surface area contributed by atoms with Crippen LogP contribution in [0, 0.1) is 0 Å². The van der Waals surface area contributed by atoms with E-state index in [4.69, 9.17) is 9.84 Å². The first-order valence-electron chi connectivity index (χ1n) is 6.02. The van der Waals surface area contributed by atoms with Crippen LogP contribution in [0.1, 0.15) is 27.2 Å². The minimum atomic E-state index is -0.897. The Bertz CT molecular complexity index is 314. The highest BCUT2D eigenvalue weighted by Crippen LogP contribution is 2.24. The molecule has 1 heterocycles. The van der Waals surface area contributed by atoms with Crippen LogP contribution in [0.3, 0.4) is 0 Å². The molecule has 1 saturated heterocycles. The predicted molar refractivity (Wildman–Crippen MR) is 70.8 cm³/mol. The van der Waals surface area contributed by atoms with Gasteiger partial charge in [-0.05, 0) is 0 Å². The third-order valence-corrected chi connectivity index (χ3v) is 3.84. The van der Waals surface area contributed by atoms with Crippen LogP contribution in [0.15, 0.2) is 0 Å². The zero-order valence-corrected chi connectivity index (χ0v) is 12.0. The fourth-order valence-electron chi connectivity index (χ4n) is 1.71. The summed E-state index contributed by atoms with van der Waals surface area (Å²) in [5.74, 6) is -0.504. The summed E-state index contributed by atoms with van der Waals surface area (Å²) in [7, 11) is 0. The van der Waals surface area contributed by atoms with E-state index in [2.05, 4.69) is 20.8 Å². The number of nitrogens with zero attached hydrogens (tertiary/aromatic N) is 1. The summed E-state index contributed by atoms with van der Waals surface area (Å²) < 4.78 is 5.28. The molecule has 1 unspecified atom stereocenters. The van der Waals surface area contributed by atoms with Crippen LogP contribution in [0.5, 0.6) is 0 Å². The lowest BCUT2D eigenvalue weighted by Crippen LogP contribution is -2.50. The molecule has 6 heteroatoms. The Morgan fingerprint density at radius 1 is 1.44 bits per heavy atom. The Morgan fingerprint density at radius 2 is 2.11 bits per heavy atom. The number of carboxylic acids is 1. The van der Waals surface area contributed by atoms with Crippen molar-refractivity contribution in [2.45, 2.75) is 38.0 Å². The van der Waals surface area contributed by atoms with E-state index in [1.807, 2.05) is 0 Å². The highest BCUT2D eigenvalue weighted by molar-refractivity contribution is 8.01. The van der Waals surface area contributed by atoms with Crippen LogP contribution >= 0.6 is 11.8 Å². The van der Waals surface area contributed by atoms with Gasteiger partial charge in [-0.2, -0.15) is 0 Å². The molecule has 0 aliphatic carbocycles. The number of morpholine rings is 1. The lowest BCUT2D eigenvalue weighted by Gasteiger charge is -2.35. The van der Waals surface area contributed by atoms with Gasteiger partial charge in [0.1, 0.15) is 0 Å². The van der Waals surface area contributed by atoms with Crippen LogP contribution in [-0.2, 0) is 14.3 Å². The van der Waals surface area contributed by atoms with E-state index in [-0.39, 0.29) is 23.1 Å². The zero-order valence-electron chi connectivity index (χ0n) is 11.1. The number of carboxylic acid groups (broad SMARTS) is 1. The molecule has 1 atom stereocenters. The summed E-state index contributed by atoms with van der Waals surface area (Å²) in [5, 5.41) is 8.83. The van der Waals surface area contributed by atoms with Gasteiger partial charge >= 0.3 is 5.97 Å². The quantitative estimate of drug-likeness (QED) is 0.835. The largest absolute Gasteiger partial charge is 0.481 e. The predicted octanol–water partition coefficient (Wildman–Crippen LogP) is 1.22. The van der Waals surface area contributed by atoms with Gasteiger partial charge in [-0.3, -0.25) is 9.59 Å². The summed E-state index contributed by atoms with van der Waals surface area (Å²) >= 11 is 1.58. The Kier molecular flexibility index (Phi) is 5.47. The number of hydrogen-bond acceptors (Lipinski definition) is 4. The molecule has 5 nitrogen and oxygen atoms in total. The molecular formula is C12H21NO4S. The number of hydrogen-bond donors (Lipinski definition) is 1. The van der Waals surface area contributed by atoms with Crippen molar-refractivity contribution in [3.63, 3.8) is 0 Å². The molecule has 0 bridgehead atoms. The van der Waals surface area contributed by atoms with Crippen LogP contribution in [0.2, 0.25) is 0 Å². The molecule has 0 saturated carbocycles. The van der Waals surface area contributed by atoms with Crippen molar-refractivity contribution in [2.24, 2.45) is 0 Å². The third-order valence-electron chi connectivity index (χ3n) is 2.59. The lowest BCUT2D eigenvalue weighted by molar-refractivity contribution is -0.144. The first-order chi connectivity index (χ1) is 8.29. The average Bonchev–Trinajstić information content (AvgIpc) is 2.25. The van der Waals surface area contributed by atoms with Crippen LogP contribution < -0.4 is 0 Å². The molecule has 18 heavy (non-hydrogen) atoms. The molecule has 1 amide bonds. The standard InChI is InChI=1S/C12H21NO4S/c1-12(2,3)18-8-10(14)13-4-5-17-7-9(13)6-11(15)16/h9H,4-8H2,1-3H3,(H,15,16). The number of thioether (sulfide) groups is 1. The highest BCUT2D eigenvalue weighted by Gasteiger charge is 2.29. The van der Waals surface area contributed by atoms with Crippen molar-refractivity contribution in [2.75, 3.05) is 25.5 Å². The van der Waals surface area contributed by atoms with Crippen molar-refractivity contribution >= 4 is 23.6 Å². The van der Waals surface area contributed by atoms with Gasteiger partial charge in [0.25, 0.3) is 0 Å². The molecule has 1 aliphatic rings. The smallest absolute Gasteiger partial charge is 0.305 e. The van der Waals surface area contributed by atoms with Gasteiger partial charge in [0.05, 0.1) is 31.4 Å². The lowest BCUT2D eigenvalue weighted by atomic mass is 10.1. The van der Waals surface area contributed by atoms with E-state index in [0.29, 0.717) is 25.5 Å². The van der Waals surface area contributed by atoms with Crippen LogP contribution in [0.25, 0.3) is 0 Å². The van der Waals surface area contributed by atoms with Gasteiger partial charge < -0.3 is 14.7 Å². The normalized spacial score (nSPS) is 20.8. The summed E-state index contributed by atoms with van der Waals surface area (Å²) in [6.45, 7) is 7.46. The molecule has 0 spiro atoms. The molecule has 0 radical (unpaired) electrons. The van der Waals surface area contributed by atoms with E-state index >= 15 is 0 Å². The molecule has 104 valence electrons. The first kappa shape index (κ1) is 15.3. The van der Waals surface area contributed by atoms with Gasteiger partial charge in [-0.15, -0.1) is 11.8 Å². The van der Waals surface area contributed by atoms with E-state index in [1.54, 1.807) is 16.7 Å². The van der Waals surface area contributed by atoms with E-state index < -0.39 is 5.97 Å². The van der Waals surface area contributed by atoms with Crippen LogP contribution in [0.4, 0.5) is 0 Å². The Hall–Kier alpha value is -0.750. The monoisotopic (exact) mass is 275 g/mol. The van der Waals surface area contributed by atoms with Gasteiger partial charge in [0.15, 0.2) is 0 Å². The Labute approximate surface area is 112 Å². The van der Waals surface area contributed by atoms with E-state index in [9.17, 15) is 9.59 Å². The Balaban J connectivity index is 2.54. The molecule has 0 aromatic carbocycles. The molecular weight excluding hydrogens is 254 g/mol. The zero-order chi connectivity index (χ0) is 13.8. The summed E-state index contributed by atoms with van der Waals surface area (Å²) in [5.41, 5.74) is 0. The maximum Gasteiger partial charge on any atom is 0.305 e. The fraction of sp³-hybridized carbons (Fsp3) is 0.833. The van der Waals surface area contributed by atoms with Gasteiger partial charge in [-0.25, -0.2) is 0 Å². The highest BCUT2D eigenvalue weighted by atomic mass is 32.2. The molecule has 1 N–H and O–H groups in total. The Morgan fingerprint density at radius 3 is 2.67 bits per heavy atom. The summed E-state index contributed by atoms with van der Waals surface area (Å²) in [6, 6.07) is -0.329. The maximum absolute atomic E-state index is 12.1. The number of amides is 1. The van der Waals surface area contributed by atoms with Crippen molar-refractivity contribution in [3.8, 4) is 0 Å². The minimum absolute atomic E-state index is 0.00414. The maximum atomic E-state index is 12.1. The number of ether oxygens (including phenoxy) is 1. The van der Waals surface area contributed by atoms with Crippen molar-refractivity contribution in [1.82, 2.24) is 4.90 Å². The number of rotatable bonds is 4. The number of carbonyl (C=O) groups is 2. The molecule has 1 aliphatic heterocycles. The van der Waals surface area contributed by atoms with Crippen molar-refractivity contribution in [1.29, 1.82) is 0 Å². The summed E-state index contributed by atoms with van der Waals surface area (Å²) in [6.07, 6.45) is -0.0497. The summed E-state index contributed by atoms with van der Waals surface area (Å²) in [4.78, 5) is 24.5. The SMILES string of the molecule is CC(C)(C)SCC(=O)N1CCOCC1CC(=O)O. The van der Waals surface area contributed by atoms with Gasteiger partial charge in [0.2, 0.25) is 5.91 Å². The first-order valence-corrected chi connectivity index (χ1v) is 7.01. The average molecular weight is 275 g/mol. The number of carbonyl (C=O) groups excluding carboxylic acids is 1. The topological polar surface area (TPSA) is 66.8 Å². The van der Waals surface area contributed by atoms with E-state index in [0.717, 1.165) is 0 Å². The van der Waals surface area contributed by atoms with Crippen molar-refractivity contribution < 1.29 is 19.4 Å². The molecule has 1 fully saturated rings.